The highest BCUT2D eigenvalue weighted by Gasteiger charge is 2.29. The molecule has 0 bridgehead atoms. The molecule has 0 aliphatic carbocycles. The molecule has 0 amide bonds. The quantitative estimate of drug-likeness (QED) is 0.660. The first-order valence-electron chi connectivity index (χ1n) is 7.69. The number of fused-ring (bicyclic) bond motifs is 1. The molecular formula is C16H18N4O5S. The summed E-state index contributed by atoms with van der Waals surface area (Å²) in [6.45, 7) is 0.308. The predicted octanol–water partition coefficient (Wildman–Crippen LogP) is 0.411. The van der Waals surface area contributed by atoms with Crippen LogP contribution in [0.15, 0.2) is 46.2 Å². The molecule has 0 radical (unpaired) electrons. The van der Waals surface area contributed by atoms with Crippen molar-refractivity contribution in [3.8, 4) is 11.5 Å². The van der Waals surface area contributed by atoms with E-state index in [1.165, 1.54) is 43.2 Å². The zero-order valence-corrected chi connectivity index (χ0v) is 15.1. The first kappa shape index (κ1) is 18.0. The van der Waals surface area contributed by atoms with Crippen molar-refractivity contribution in [1.82, 2.24) is 13.5 Å². The van der Waals surface area contributed by atoms with E-state index in [4.69, 9.17) is 15.2 Å². The van der Waals surface area contributed by atoms with Gasteiger partial charge in [-0.15, -0.1) is 0 Å². The Labute approximate surface area is 149 Å². The third-order valence-electron chi connectivity index (χ3n) is 3.89. The van der Waals surface area contributed by atoms with Crippen LogP contribution in [0.4, 0.5) is 0 Å². The van der Waals surface area contributed by atoms with Gasteiger partial charge in [0, 0.05) is 25.4 Å². The molecule has 3 aromatic rings. The molecule has 0 atom stereocenters. The largest absolute Gasteiger partial charge is 0.497 e. The summed E-state index contributed by atoms with van der Waals surface area (Å²) in [7, 11) is -1.50. The number of imidazole rings is 1. The maximum atomic E-state index is 13.3. The van der Waals surface area contributed by atoms with E-state index >= 15 is 0 Å². The van der Waals surface area contributed by atoms with Gasteiger partial charge in [-0.3, -0.25) is 4.57 Å². The van der Waals surface area contributed by atoms with Gasteiger partial charge in [0.05, 0.1) is 14.2 Å². The molecule has 26 heavy (non-hydrogen) atoms. The highest BCUT2D eigenvalue weighted by molar-refractivity contribution is 7.90. The van der Waals surface area contributed by atoms with Gasteiger partial charge in [0.2, 0.25) is 0 Å². The van der Waals surface area contributed by atoms with Crippen LogP contribution in [0.5, 0.6) is 11.5 Å². The van der Waals surface area contributed by atoms with Crippen LogP contribution >= 0.6 is 0 Å². The van der Waals surface area contributed by atoms with Crippen LogP contribution in [0.25, 0.3) is 11.2 Å². The van der Waals surface area contributed by atoms with E-state index in [1.54, 1.807) is 12.1 Å². The number of methoxy groups -OCH3 is 2. The van der Waals surface area contributed by atoms with E-state index in [0.717, 1.165) is 0 Å². The lowest BCUT2D eigenvalue weighted by Crippen LogP contribution is -2.31. The fourth-order valence-corrected chi connectivity index (χ4v) is 4.28. The molecule has 3 rings (SSSR count). The van der Waals surface area contributed by atoms with Gasteiger partial charge in [0.25, 0.3) is 10.0 Å². The van der Waals surface area contributed by atoms with Crippen LogP contribution in [-0.4, -0.2) is 42.7 Å². The van der Waals surface area contributed by atoms with Crippen LogP contribution in [0, 0.1) is 0 Å². The van der Waals surface area contributed by atoms with Gasteiger partial charge in [0.15, 0.2) is 5.65 Å². The number of nitrogens with zero attached hydrogens (tertiary/aromatic N) is 3. The molecule has 138 valence electrons. The van der Waals surface area contributed by atoms with Gasteiger partial charge in [0.1, 0.15) is 21.9 Å². The zero-order valence-electron chi connectivity index (χ0n) is 14.2. The monoisotopic (exact) mass is 378 g/mol. The average Bonchev–Trinajstić information content (AvgIpc) is 2.94. The molecule has 1 aromatic carbocycles. The van der Waals surface area contributed by atoms with Gasteiger partial charge in [-0.25, -0.2) is 18.2 Å². The lowest BCUT2D eigenvalue weighted by molar-refractivity contribution is 0.392. The molecule has 0 unspecified atom stereocenters. The Bertz CT molecular complexity index is 1120. The van der Waals surface area contributed by atoms with E-state index < -0.39 is 15.7 Å². The molecule has 0 saturated heterocycles. The van der Waals surface area contributed by atoms with Crippen molar-refractivity contribution in [2.45, 2.75) is 11.4 Å². The molecule has 0 fully saturated rings. The SMILES string of the molecule is COc1ccc(OC)c(S(=O)(=O)n2c(=O)n(CCN)c3ncccc32)c1. The minimum atomic E-state index is -4.27. The smallest absolute Gasteiger partial charge is 0.344 e. The third-order valence-corrected chi connectivity index (χ3v) is 5.60. The van der Waals surface area contributed by atoms with E-state index in [9.17, 15) is 13.2 Å². The van der Waals surface area contributed by atoms with Crippen molar-refractivity contribution in [3.05, 3.63) is 47.0 Å². The lowest BCUT2D eigenvalue weighted by Gasteiger charge is -2.11. The van der Waals surface area contributed by atoms with E-state index in [0.29, 0.717) is 9.72 Å². The van der Waals surface area contributed by atoms with Gasteiger partial charge in [-0.1, -0.05) is 0 Å². The van der Waals surface area contributed by atoms with Crippen molar-refractivity contribution in [3.63, 3.8) is 0 Å². The summed E-state index contributed by atoms with van der Waals surface area (Å²) in [6, 6.07) is 7.42. The molecule has 0 spiro atoms. The Morgan fingerprint density at radius 3 is 2.62 bits per heavy atom. The van der Waals surface area contributed by atoms with Gasteiger partial charge in [-0.2, -0.15) is 3.97 Å². The summed E-state index contributed by atoms with van der Waals surface area (Å²) < 4.78 is 38.8. The van der Waals surface area contributed by atoms with Crippen molar-refractivity contribution in [1.29, 1.82) is 0 Å². The first-order chi connectivity index (χ1) is 12.5. The highest BCUT2D eigenvalue weighted by Crippen LogP contribution is 2.30. The van der Waals surface area contributed by atoms with Crippen LogP contribution in [0.1, 0.15) is 0 Å². The maximum Gasteiger partial charge on any atom is 0.344 e. The molecule has 2 heterocycles. The second-order valence-electron chi connectivity index (χ2n) is 5.36. The third kappa shape index (κ3) is 2.72. The van der Waals surface area contributed by atoms with Crippen LogP contribution in [0.2, 0.25) is 0 Å². The number of nitrogens with two attached hydrogens (primary N) is 1. The second kappa shape index (κ2) is 6.81. The Hall–Kier alpha value is -2.85. The number of rotatable bonds is 6. The normalized spacial score (nSPS) is 11.7. The van der Waals surface area contributed by atoms with Gasteiger partial charge in [-0.05, 0) is 24.3 Å². The zero-order chi connectivity index (χ0) is 18.9. The minimum Gasteiger partial charge on any atom is -0.497 e. The maximum absolute atomic E-state index is 13.3. The summed E-state index contributed by atoms with van der Waals surface area (Å²) in [6.07, 6.45) is 1.48. The molecular weight excluding hydrogens is 360 g/mol. The number of hydrogen-bond donors (Lipinski definition) is 1. The molecule has 9 nitrogen and oxygen atoms in total. The van der Waals surface area contributed by atoms with E-state index in [2.05, 4.69) is 4.98 Å². The summed E-state index contributed by atoms with van der Waals surface area (Å²) >= 11 is 0. The topological polar surface area (TPSA) is 118 Å². The number of pyridine rings is 1. The van der Waals surface area contributed by atoms with Crippen molar-refractivity contribution in [2.24, 2.45) is 5.73 Å². The molecule has 2 N–H and O–H groups in total. The molecule has 0 aliphatic rings. The van der Waals surface area contributed by atoms with Crippen molar-refractivity contribution in [2.75, 3.05) is 20.8 Å². The number of ether oxygens (including phenoxy) is 2. The average molecular weight is 378 g/mol. The Morgan fingerprint density at radius 1 is 1.19 bits per heavy atom. The second-order valence-corrected chi connectivity index (χ2v) is 7.11. The van der Waals surface area contributed by atoms with E-state index in [1.807, 2.05) is 0 Å². The van der Waals surface area contributed by atoms with Crippen molar-refractivity contribution < 1.29 is 17.9 Å². The number of benzene rings is 1. The number of hydrogen-bond acceptors (Lipinski definition) is 7. The fraction of sp³-hybridized carbons (Fsp3) is 0.250. The minimum absolute atomic E-state index is 0.0984. The summed E-state index contributed by atoms with van der Waals surface area (Å²) in [5, 5.41) is 0. The summed E-state index contributed by atoms with van der Waals surface area (Å²) in [5.74, 6) is 0.419. The molecule has 0 aliphatic heterocycles. The van der Waals surface area contributed by atoms with Crippen LogP contribution in [-0.2, 0) is 16.6 Å². The Balaban J connectivity index is 2.37. The number of aromatic nitrogens is 3. The standard InChI is InChI=1S/C16H18N4O5S/c1-24-11-5-6-13(25-2)14(10-11)26(22,23)20-12-4-3-8-18-15(12)19(9-7-17)16(20)21/h3-6,8,10H,7,9,17H2,1-2H3. The van der Waals surface area contributed by atoms with Crippen LogP contribution < -0.4 is 20.9 Å². The Kier molecular flexibility index (Phi) is 4.70. The molecule has 10 heteroatoms. The molecule has 2 aromatic heterocycles. The summed E-state index contributed by atoms with van der Waals surface area (Å²) in [5.41, 5.74) is 5.22. The van der Waals surface area contributed by atoms with Crippen LogP contribution in [0.3, 0.4) is 0 Å². The van der Waals surface area contributed by atoms with Crippen molar-refractivity contribution >= 4 is 21.2 Å². The van der Waals surface area contributed by atoms with Gasteiger partial charge >= 0.3 is 5.69 Å². The molecule has 0 saturated carbocycles. The van der Waals surface area contributed by atoms with E-state index in [-0.39, 0.29) is 34.9 Å². The first-order valence-corrected chi connectivity index (χ1v) is 9.13. The lowest BCUT2D eigenvalue weighted by atomic mass is 10.3. The fourth-order valence-electron chi connectivity index (χ4n) is 2.71. The Morgan fingerprint density at radius 2 is 1.96 bits per heavy atom. The highest BCUT2D eigenvalue weighted by atomic mass is 32.2. The predicted molar refractivity (Wildman–Crippen MR) is 95.2 cm³/mol. The van der Waals surface area contributed by atoms with Gasteiger partial charge < -0.3 is 15.2 Å². The summed E-state index contributed by atoms with van der Waals surface area (Å²) in [4.78, 5) is 16.8.